The molecule has 0 radical (unpaired) electrons. The van der Waals surface area contributed by atoms with Gasteiger partial charge in [0, 0.05) is 4.83 Å². The van der Waals surface area contributed by atoms with Gasteiger partial charge in [0.15, 0.2) is 0 Å². The first-order chi connectivity index (χ1) is 8.25. The minimum absolute atomic E-state index is 0.657. The molecule has 0 nitrogen and oxygen atoms in total. The molecule has 1 atom stereocenters. The second-order valence-electron chi connectivity index (χ2n) is 5.46. The van der Waals surface area contributed by atoms with Crippen LogP contribution in [0.1, 0.15) is 49.7 Å². The molecule has 1 aliphatic carbocycles. The lowest BCUT2D eigenvalue weighted by atomic mass is 9.97. The fraction of sp³-hybridized carbons (Fsp3) is 0.625. The SMILES string of the molecule is Cc1ccccc1CC(Br)CCC1CCCC1. The van der Waals surface area contributed by atoms with Crippen LogP contribution in [0, 0.1) is 12.8 Å². The van der Waals surface area contributed by atoms with Crippen LogP contribution < -0.4 is 0 Å². The third-order valence-electron chi connectivity index (χ3n) is 4.07. The van der Waals surface area contributed by atoms with E-state index in [2.05, 4.69) is 47.1 Å². The minimum Gasteiger partial charge on any atom is -0.0887 e. The van der Waals surface area contributed by atoms with Crippen LogP contribution in [-0.4, -0.2) is 4.83 Å². The molecule has 0 heterocycles. The monoisotopic (exact) mass is 294 g/mol. The molecule has 0 amide bonds. The third kappa shape index (κ3) is 4.13. The summed E-state index contributed by atoms with van der Waals surface area (Å²) in [4.78, 5) is 0.657. The van der Waals surface area contributed by atoms with Gasteiger partial charge < -0.3 is 0 Å². The Labute approximate surface area is 114 Å². The average Bonchev–Trinajstić information content (AvgIpc) is 2.82. The van der Waals surface area contributed by atoms with Crippen LogP contribution in [0.15, 0.2) is 24.3 Å². The van der Waals surface area contributed by atoms with Crippen molar-refractivity contribution in [3.8, 4) is 0 Å². The number of hydrogen-bond donors (Lipinski definition) is 0. The molecule has 94 valence electrons. The highest BCUT2D eigenvalue weighted by atomic mass is 79.9. The number of hydrogen-bond acceptors (Lipinski definition) is 0. The van der Waals surface area contributed by atoms with Crippen molar-refractivity contribution in [1.29, 1.82) is 0 Å². The van der Waals surface area contributed by atoms with Gasteiger partial charge in [-0.25, -0.2) is 0 Å². The number of benzene rings is 1. The predicted octanol–water partition coefficient (Wildman–Crippen LogP) is 5.27. The van der Waals surface area contributed by atoms with Crippen molar-refractivity contribution >= 4 is 15.9 Å². The maximum Gasteiger partial charge on any atom is 0.0186 e. The molecule has 0 aliphatic heterocycles. The summed E-state index contributed by atoms with van der Waals surface area (Å²) in [6, 6.07) is 8.75. The van der Waals surface area contributed by atoms with Gasteiger partial charge in [-0.1, -0.05) is 65.9 Å². The fourth-order valence-electron chi connectivity index (χ4n) is 2.90. The Morgan fingerprint density at radius 2 is 1.94 bits per heavy atom. The second-order valence-corrected chi connectivity index (χ2v) is 6.75. The summed E-state index contributed by atoms with van der Waals surface area (Å²) >= 11 is 3.86. The van der Waals surface area contributed by atoms with Crippen LogP contribution in [0.25, 0.3) is 0 Å². The van der Waals surface area contributed by atoms with E-state index in [1.807, 2.05) is 0 Å². The lowest BCUT2D eigenvalue weighted by Crippen LogP contribution is -2.06. The smallest absolute Gasteiger partial charge is 0.0186 e. The summed E-state index contributed by atoms with van der Waals surface area (Å²) < 4.78 is 0. The van der Waals surface area contributed by atoms with Crippen molar-refractivity contribution in [3.05, 3.63) is 35.4 Å². The molecule has 1 aromatic carbocycles. The summed E-state index contributed by atoms with van der Waals surface area (Å²) in [5.74, 6) is 1.02. The predicted molar refractivity (Wildman–Crippen MR) is 78.8 cm³/mol. The van der Waals surface area contributed by atoms with Gasteiger partial charge in [0.25, 0.3) is 0 Å². The van der Waals surface area contributed by atoms with E-state index in [0.717, 1.165) is 5.92 Å². The zero-order chi connectivity index (χ0) is 12.1. The van der Waals surface area contributed by atoms with Crippen LogP contribution in [0.4, 0.5) is 0 Å². The van der Waals surface area contributed by atoms with E-state index in [-0.39, 0.29) is 0 Å². The number of rotatable bonds is 5. The number of halogens is 1. The van der Waals surface area contributed by atoms with E-state index in [1.54, 1.807) is 0 Å². The van der Waals surface area contributed by atoms with Crippen molar-refractivity contribution in [3.63, 3.8) is 0 Å². The second kappa shape index (κ2) is 6.58. The normalized spacial score (nSPS) is 18.5. The van der Waals surface area contributed by atoms with E-state index in [4.69, 9.17) is 0 Å². The van der Waals surface area contributed by atoms with Crippen LogP contribution in [0.3, 0.4) is 0 Å². The molecular weight excluding hydrogens is 272 g/mol. The van der Waals surface area contributed by atoms with Gasteiger partial charge in [-0.15, -0.1) is 0 Å². The standard InChI is InChI=1S/C16H23Br/c1-13-6-2-5-9-15(13)12-16(17)11-10-14-7-3-4-8-14/h2,5-6,9,14,16H,3-4,7-8,10-12H2,1H3. The highest BCUT2D eigenvalue weighted by Gasteiger charge is 2.16. The molecule has 1 heteroatoms. The van der Waals surface area contributed by atoms with Gasteiger partial charge >= 0.3 is 0 Å². The van der Waals surface area contributed by atoms with Crippen molar-refractivity contribution in [2.75, 3.05) is 0 Å². The number of aryl methyl sites for hydroxylation is 1. The molecule has 0 bridgehead atoms. The van der Waals surface area contributed by atoms with E-state index in [9.17, 15) is 0 Å². The Balaban J connectivity index is 1.76. The molecule has 1 unspecified atom stereocenters. The maximum absolute atomic E-state index is 3.86. The molecule has 0 saturated heterocycles. The Hall–Kier alpha value is -0.300. The molecule has 1 aliphatic rings. The zero-order valence-corrected chi connectivity index (χ0v) is 12.4. The Bertz CT molecular complexity index is 339. The summed E-state index contributed by atoms with van der Waals surface area (Å²) in [6.45, 7) is 2.21. The first-order valence-electron chi connectivity index (χ1n) is 6.94. The molecule has 0 spiro atoms. The molecular formula is C16H23Br. The van der Waals surface area contributed by atoms with Crippen molar-refractivity contribution in [2.24, 2.45) is 5.92 Å². The van der Waals surface area contributed by atoms with E-state index in [1.165, 1.54) is 56.1 Å². The van der Waals surface area contributed by atoms with Gasteiger partial charge in [-0.05, 0) is 43.2 Å². The van der Waals surface area contributed by atoms with Crippen molar-refractivity contribution in [2.45, 2.75) is 56.7 Å². The first-order valence-corrected chi connectivity index (χ1v) is 7.86. The van der Waals surface area contributed by atoms with Gasteiger partial charge in [0.05, 0.1) is 0 Å². The maximum atomic E-state index is 3.86. The van der Waals surface area contributed by atoms with Crippen LogP contribution in [0.2, 0.25) is 0 Å². The summed E-state index contributed by atoms with van der Waals surface area (Å²) in [5, 5.41) is 0. The molecule has 1 aromatic rings. The van der Waals surface area contributed by atoms with Crippen LogP contribution in [0.5, 0.6) is 0 Å². The van der Waals surface area contributed by atoms with Crippen molar-refractivity contribution in [1.82, 2.24) is 0 Å². The Kier molecular flexibility index (Phi) is 5.09. The lowest BCUT2D eigenvalue weighted by Gasteiger charge is -2.14. The quantitative estimate of drug-likeness (QED) is 0.649. The molecule has 0 N–H and O–H groups in total. The zero-order valence-electron chi connectivity index (χ0n) is 10.8. The van der Waals surface area contributed by atoms with Gasteiger partial charge in [-0.2, -0.15) is 0 Å². The summed E-state index contributed by atoms with van der Waals surface area (Å²) in [5.41, 5.74) is 2.93. The van der Waals surface area contributed by atoms with Gasteiger partial charge in [0.1, 0.15) is 0 Å². The molecule has 2 rings (SSSR count). The molecule has 0 aromatic heterocycles. The first kappa shape index (κ1) is 13.1. The van der Waals surface area contributed by atoms with E-state index in [0.29, 0.717) is 4.83 Å². The average molecular weight is 295 g/mol. The molecule has 1 fully saturated rings. The van der Waals surface area contributed by atoms with Crippen molar-refractivity contribution < 1.29 is 0 Å². The minimum atomic E-state index is 0.657. The van der Waals surface area contributed by atoms with E-state index < -0.39 is 0 Å². The summed E-state index contributed by atoms with van der Waals surface area (Å²) in [6.07, 6.45) is 9.82. The highest BCUT2D eigenvalue weighted by Crippen LogP contribution is 2.30. The Morgan fingerprint density at radius 3 is 2.65 bits per heavy atom. The fourth-order valence-corrected chi connectivity index (χ4v) is 3.51. The number of alkyl halides is 1. The van der Waals surface area contributed by atoms with E-state index >= 15 is 0 Å². The molecule has 17 heavy (non-hydrogen) atoms. The van der Waals surface area contributed by atoms with Gasteiger partial charge in [-0.3, -0.25) is 0 Å². The van der Waals surface area contributed by atoms with Crippen LogP contribution >= 0.6 is 15.9 Å². The Morgan fingerprint density at radius 1 is 1.24 bits per heavy atom. The highest BCUT2D eigenvalue weighted by molar-refractivity contribution is 9.09. The third-order valence-corrected chi connectivity index (χ3v) is 4.85. The largest absolute Gasteiger partial charge is 0.0887 e. The van der Waals surface area contributed by atoms with Gasteiger partial charge in [0.2, 0.25) is 0 Å². The topological polar surface area (TPSA) is 0 Å². The molecule has 1 saturated carbocycles. The summed E-state index contributed by atoms with van der Waals surface area (Å²) in [7, 11) is 0. The lowest BCUT2D eigenvalue weighted by molar-refractivity contribution is 0.479. The van der Waals surface area contributed by atoms with Crippen LogP contribution in [-0.2, 0) is 6.42 Å².